The maximum atomic E-state index is 12.1. The molecule has 0 spiro atoms. The van der Waals surface area contributed by atoms with Gasteiger partial charge in [0.25, 0.3) is 0 Å². The van der Waals surface area contributed by atoms with E-state index >= 15 is 0 Å². The van der Waals surface area contributed by atoms with E-state index in [1.807, 2.05) is 19.1 Å². The Morgan fingerprint density at radius 3 is 3.12 bits per heavy atom. The molecule has 2 aromatic rings. The summed E-state index contributed by atoms with van der Waals surface area (Å²) in [5.41, 5.74) is 2.33. The zero-order valence-electron chi connectivity index (χ0n) is 9.60. The van der Waals surface area contributed by atoms with Gasteiger partial charge in [0.05, 0.1) is 12.5 Å². The first kappa shape index (κ1) is 10.5. The highest BCUT2D eigenvalue weighted by Gasteiger charge is 2.27. The third-order valence-corrected chi connectivity index (χ3v) is 3.06. The van der Waals surface area contributed by atoms with Gasteiger partial charge in [-0.15, -0.1) is 0 Å². The molecule has 4 nitrogen and oxygen atoms in total. The van der Waals surface area contributed by atoms with Crippen molar-refractivity contribution < 1.29 is 13.9 Å². The lowest BCUT2D eigenvalue weighted by atomic mass is 10.0. The number of pyridine rings is 1. The lowest BCUT2D eigenvalue weighted by Gasteiger charge is -2.01. The number of ketones is 1. The van der Waals surface area contributed by atoms with E-state index in [0.29, 0.717) is 24.6 Å². The van der Waals surface area contributed by atoms with Crippen molar-refractivity contribution in [3.63, 3.8) is 0 Å². The molecule has 1 fully saturated rings. The fourth-order valence-electron chi connectivity index (χ4n) is 2.09. The molecule has 1 saturated heterocycles. The highest BCUT2D eigenvalue weighted by molar-refractivity contribution is 5.98. The summed E-state index contributed by atoms with van der Waals surface area (Å²) < 4.78 is 10.7. The molecule has 0 aromatic carbocycles. The Kier molecular flexibility index (Phi) is 2.44. The number of hydrogen-bond donors (Lipinski definition) is 0. The molecular weight excluding hydrogens is 218 g/mol. The minimum Gasteiger partial charge on any atom is -0.451 e. The van der Waals surface area contributed by atoms with Crippen molar-refractivity contribution in [2.75, 3.05) is 13.2 Å². The number of ether oxygens (including phenoxy) is 1. The molecular formula is C13H13NO3. The molecule has 3 heterocycles. The lowest BCUT2D eigenvalue weighted by molar-refractivity contribution is 0.0874. The fraction of sp³-hybridized carbons (Fsp3) is 0.385. The van der Waals surface area contributed by atoms with Gasteiger partial charge in [-0.3, -0.25) is 4.79 Å². The van der Waals surface area contributed by atoms with Crippen molar-refractivity contribution >= 4 is 16.9 Å². The molecule has 0 aliphatic carbocycles. The summed E-state index contributed by atoms with van der Waals surface area (Å²) in [6.07, 6.45) is 0.780. The van der Waals surface area contributed by atoms with Crippen LogP contribution >= 0.6 is 0 Å². The number of aromatic nitrogens is 1. The van der Waals surface area contributed by atoms with Gasteiger partial charge in [0.1, 0.15) is 5.52 Å². The van der Waals surface area contributed by atoms with E-state index in [0.717, 1.165) is 17.6 Å². The van der Waals surface area contributed by atoms with E-state index in [9.17, 15) is 4.79 Å². The van der Waals surface area contributed by atoms with Crippen LogP contribution in [0.3, 0.4) is 0 Å². The molecule has 0 amide bonds. The van der Waals surface area contributed by atoms with Crippen LogP contribution in [0, 0.1) is 12.8 Å². The van der Waals surface area contributed by atoms with Gasteiger partial charge in [0.15, 0.2) is 11.3 Å². The molecule has 0 N–H and O–H groups in total. The maximum Gasteiger partial charge on any atom is 0.203 e. The number of fused-ring (bicyclic) bond motifs is 1. The summed E-state index contributed by atoms with van der Waals surface area (Å²) in [7, 11) is 0. The first-order valence-corrected chi connectivity index (χ1v) is 5.73. The van der Waals surface area contributed by atoms with E-state index in [1.54, 1.807) is 6.07 Å². The quantitative estimate of drug-likeness (QED) is 0.744. The minimum atomic E-state index is -0.0586. The van der Waals surface area contributed by atoms with Crippen LogP contribution in [0.25, 0.3) is 11.1 Å². The van der Waals surface area contributed by atoms with Crippen LogP contribution in [0.5, 0.6) is 0 Å². The predicted molar refractivity (Wildman–Crippen MR) is 62.0 cm³/mol. The molecule has 1 aliphatic heterocycles. The summed E-state index contributed by atoms with van der Waals surface area (Å²) in [5, 5.41) is 0. The average Bonchev–Trinajstić information content (AvgIpc) is 2.96. The molecule has 0 saturated carbocycles. The van der Waals surface area contributed by atoms with Gasteiger partial charge in [-0.25, -0.2) is 4.98 Å². The second kappa shape index (κ2) is 3.96. The Balaban J connectivity index is 1.97. The Morgan fingerprint density at radius 1 is 1.47 bits per heavy atom. The predicted octanol–water partition coefficient (Wildman–Crippen LogP) is 2.36. The van der Waals surface area contributed by atoms with Crippen LogP contribution in [0.4, 0.5) is 0 Å². The number of furan rings is 1. The van der Waals surface area contributed by atoms with Crippen molar-refractivity contribution in [1.29, 1.82) is 0 Å². The van der Waals surface area contributed by atoms with Crippen LogP contribution in [-0.2, 0) is 4.74 Å². The Hall–Kier alpha value is -1.68. The number of rotatable bonds is 2. The smallest absolute Gasteiger partial charge is 0.203 e. The topological polar surface area (TPSA) is 52.3 Å². The highest BCUT2D eigenvalue weighted by Crippen LogP contribution is 2.23. The van der Waals surface area contributed by atoms with E-state index in [-0.39, 0.29) is 11.7 Å². The molecule has 3 rings (SSSR count). The zero-order valence-corrected chi connectivity index (χ0v) is 9.60. The fourth-order valence-corrected chi connectivity index (χ4v) is 2.09. The van der Waals surface area contributed by atoms with Crippen LogP contribution < -0.4 is 0 Å². The standard InChI is InChI=1S/C13H13NO3/c1-8-2-3-11-10(14-8)6-12(17-11)13(15)9-4-5-16-7-9/h2-3,6,9H,4-5,7H2,1H3. The van der Waals surface area contributed by atoms with Crippen LogP contribution in [0.2, 0.25) is 0 Å². The second-order valence-corrected chi connectivity index (χ2v) is 4.37. The van der Waals surface area contributed by atoms with Crippen LogP contribution in [-0.4, -0.2) is 24.0 Å². The molecule has 1 aliphatic rings. The molecule has 88 valence electrons. The zero-order chi connectivity index (χ0) is 11.8. The Labute approximate surface area is 98.6 Å². The number of carbonyl (C=O) groups excluding carboxylic acids is 1. The normalized spacial score (nSPS) is 19.9. The first-order chi connectivity index (χ1) is 8.24. The number of hydrogen-bond acceptors (Lipinski definition) is 4. The van der Waals surface area contributed by atoms with Gasteiger partial charge in [-0.1, -0.05) is 0 Å². The SMILES string of the molecule is Cc1ccc2oc(C(=O)C3CCOC3)cc2n1. The summed E-state index contributed by atoms with van der Waals surface area (Å²) in [4.78, 5) is 16.4. The molecule has 2 aromatic heterocycles. The van der Waals surface area contributed by atoms with Crippen molar-refractivity contribution in [2.45, 2.75) is 13.3 Å². The third-order valence-electron chi connectivity index (χ3n) is 3.06. The summed E-state index contributed by atoms with van der Waals surface area (Å²) >= 11 is 0. The van der Waals surface area contributed by atoms with Crippen molar-refractivity contribution in [1.82, 2.24) is 4.98 Å². The molecule has 1 atom stereocenters. The van der Waals surface area contributed by atoms with Gasteiger partial charge < -0.3 is 9.15 Å². The number of nitrogens with zero attached hydrogens (tertiary/aromatic N) is 1. The minimum absolute atomic E-state index is 0.0261. The van der Waals surface area contributed by atoms with E-state index < -0.39 is 0 Å². The summed E-state index contributed by atoms with van der Waals surface area (Å²) in [6, 6.07) is 5.45. The highest BCUT2D eigenvalue weighted by atomic mass is 16.5. The van der Waals surface area contributed by atoms with Crippen LogP contribution in [0.1, 0.15) is 22.7 Å². The van der Waals surface area contributed by atoms with Gasteiger partial charge in [-0.05, 0) is 25.5 Å². The second-order valence-electron chi connectivity index (χ2n) is 4.37. The van der Waals surface area contributed by atoms with Crippen molar-refractivity contribution in [3.05, 3.63) is 29.7 Å². The van der Waals surface area contributed by atoms with Crippen molar-refractivity contribution in [2.24, 2.45) is 5.92 Å². The van der Waals surface area contributed by atoms with Gasteiger partial charge in [-0.2, -0.15) is 0 Å². The molecule has 4 heteroatoms. The van der Waals surface area contributed by atoms with Gasteiger partial charge in [0, 0.05) is 18.4 Å². The van der Waals surface area contributed by atoms with Crippen LogP contribution in [0.15, 0.2) is 22.6 Å². The first-order valence-electron chi connectivity index (χ1n) is 5.73. The third kappa shape index (κ3) is 1.85. The van der Waals surface area contributed by atoms with E-state index in [1.165, 1.54) is 0 Å². The van der Waals surface area contributed by atoms with Crippen molar-refractivity contribution in [3.8, 4) is 0 Å². The summed E-state index contributed by atoms with van der Waals surface area (Å²) in [6.45, 7) is 3.08. The summed E-state index contributed by atoms with van der Waals surface area (Å²) in [5.74, 6) is 0.364. The Bertz CT molecular complexity index is 567. The maximum absolute atomic E-state index is 12.1. The number of aryl methyl sites for hydroxylation is 1. The number of Topliss-reactive ketones (excluding diaryl/α,β-unsaturated/α-hetero) is 1. The monoisotopic (exact) mass is 231 g/mol. The Morgan fingerprint density at radius 2 is 2.35 bits per heavy atom. The number of carbonyl (C=O) groups is 1. The molecule has 0 radical (unpaired) electrons. The molecule has 17 heavy (non-hydrogen) atoms. The van der Waals surface area contributed by atoms with Gasteiger partial charge in [0.2, 0.25) is 5.78 Å². The molecule has 1 unspecified atom stereocenters. The van der Waals surface area contributed by atoms with E-state index in [2.05, 4.69) is 4.98 Å². The lowest BCUT2D eigenvalue weighted by Crippen LogP contribution is -2.13. The molecule has 0 bridgehead atoms. The van der Waals surface area contributed by atoms with E-state index in [4.69, 9.17) is 9.15 Å². The van der Waals surface area contributed by atoms with Gasteiger partial charge >= 0.3 is 0 Å². The average molecular weight is 231 g/mol. The largest absolute Gasteiger partial charge is 0.451 e.